The molecule has 1 heterocycles. The number of aromatic nitrogens is 1. The third-order valence-corrected chi connectivity index (χ3v) is 5.70. The van der Waals surface area contributed by atoms with E-state index in [2.05, 4.69) is 10.3 Å². The van der Waals surface area contributed by atoms with Crippen LogP contribution in [0.2, 0.25) is 10.0 Å². The van der Waals surface area contributed by atoms with Gasteiger partial charge in [0.05, 0.1) is 23.4 Å². The molecule has 1 aliphatic carbocycles. The van der Waals surface area contributed by atoms with Crippen LogP contribution in [0.4, 0.5) is 13.2 Å². The molecule has 1 aromatic carbocycles. The maximum absolute atomic E-state index is 14.9. The van der Waals surface area contributed by atoms with Gasteiger partial charge < -0.3 is 15.4 Å². The second-order valence-corrected chi connectivity index (χ2v) is 8.84. The van der Waals surface area contributed by atoms with Crippen molar-refractivity contribution >= 4 is 46.6 Å². The van der Waals surface area contributed by atoms with Crippen LogP contribution >= 0.6 is 34.8 Å². The van der Waals surface area contributed by atoms with E-state index in [1.165, 1.54) is 25.3 Å². The number of halogens is 6. The Morgan fingerprint density at radius 3 is 2.48 bits per heavy atom. The Morgan fingerprint density at radius 1 is 1.27 bits per heavy atom. The quantitative estimate of drug-likeness (QED) is 0.462. The van der Waals surface area contributed by atoms with Gasteiger partial charge in [0.1, 0.15) is 17.1 Å². The number of hydrogen-bond donors (Lipinski definition) is 2. The molecule has 2 aromatic rings. The Hall–Kier alpha value is -2.23. The largest absolute Gasteiger partial charge is 0.492 e. The molecule has 6 nitrogen and oxygen atoms in total. The molecule has 1 aliphatic rings. The minimum Gasteiger partial charge on any atom is -0.492 e. The molecule has 2 amide bonds. The van der Waals surface area contributed by atoms with Gasteiger partial charge in [-0.25, -0.2) is 4.39 Å². The third-order valence-electron chi connectivity index (χ3n) is 5.03. The maximum atomic E-state index is 14.9. The second-order valence-electron chi connectivity index (χ2n) is 7.52. The van der Waals surface area contributed by atoms with Crippen LogP contribution < -0.4 is 15.4 Å². The summed E-state index contributed by atoms with van der Waals surface area (Å²) in [5, 5.41) is 0.878. The Labute approximate surface area is 202 Å². The van der Waals surface area contributed by atoms with Crippen molar-refractivity contribution in [3.63, 3.8) is 0 Å². The van der Waals surface area contributed by atoms with Gasteiger partial charge in [0.15, 0.2) is 0 Å². The molecule has 0 saturated heterocycles. The van der Waals surface area contributed by atoms with Gasteiger partial charge in [-0.15, -0.1) is 0 Å². The molecular weight excluding hydrogens is 506 g/mol. The fourth-order valence-electron chi connectivity index (χ4n) is 3.21. The van der Waals surface area contributed by atoms with Gasteiger partial charge in [-0.05, 0) is 56.5 Å². The number of benzene rings is 1. The summed E-state index contributed by atoms with van der Waals surface area (Å²) in [4.78, 5) is 28.1. The summed E-state index contributed by atoms with van der Waals surface area (Å²) in [5.41, 5.74) is -0.823. The number of carbonyl (C=O) groups excluding carboxylic acids is 2. The molecule has 0 unspecified atom stereocenters. The smallest absolute Gasteiger partial charge is 0.399 e. The van der Waals surface area contributed by atoms with Crippen molar-refractivity contribution in [1.29, 1.82) is 0 Å². The van der Waals surface area contributed by atoms with Gasteiger partial charge in [-0.3, -0.25) is 14.6 Å². The number of hydrogen-bond acceptors (Lipinski definition) is 4. The zero-order valence-electron chi connectivity index (χ0n) is 17.4. The van der Waals surface area contributed by atoms with Crippen LogP contribution in [0.15, 0.2) is 24.4 Å². The van der Waals surface area contributed by atoms with Gasteiger partial charge in [0.2, 0.25) is 5.91 Å². The average molecular weight is 525 g/mol. The van der Waals surface area contributed by atoms with Crippen LogP contribution in [0.3, 0.4) is 0 Å². The molecule has 0 radical (unpaired) electrons. The Balaban J connectivity index is 1.80. The van der Waals surface area contributed by atoms with Crippen molar-refractivity contribution in [2.24, 2.45) is 0 Å². The predicted molar refractivity (Wildman–Crippen MR) is 118 cm³/mol. The van der Waals surface area contributed by atoms with E-state index in [0.717, 1.165) is 0 Å². The van der Waals surface area contributed by atoms with Gasteiger partial charge in [0, 0.05) is 22.3 Å². The van der Waals surface area contributed by atoms with E-state index in [4.69, 9.17) is 39.5 Å². The standard InChI is InChI=1S/C21H19Cl3F3N3O3/c1-3-33-17-13(7-12(22)8-14(17)23)11-6-15(25)16(28-9-11)10(2)29-18(31)20(4-5-20)30-19(32)21(24,26)27/h6-10H,3-5H2,1-2H3,(H,29,31)(H,30,32)/t10-/m1/s1. The predicted octanol–water partition coefficient (Wildman–Crippen LogP) is 5.25. The molecular formula is C21H19Cl3F3N3O3. The number of alkyl halides is 3. The van der Waals surface area contributed by atoms with Crippen molar-refractivity contribution in [3.8, 4) is 16.9 Å². The van der Waals surface area contributed by atoms with Crippen molar-refractivity contribution in [1.82, 2.24) is 15.6 Å². The van der Waals surface area contributed by atoms with Crippen LogP contribution in [0.25, 0.3) is 11.1 Å². The van der Waals surface area contributed by atoms with Crippen LogP contribution in [0.1, 0.15) is 38.4 Å². The summed E-state index contributed by atoms with van der Waals surface area (Å²) < 4.78 is 46.4. The molecule has 1 atom stereocenters. The zero-order chi connectivity index (χ0) is 24.6. The van der Waals surface area contributed by atoms with E-state index < -0.39 is 34.6 Å². The summed E-state index contributed by atoms with van der Waals surface area (Å²) in [6.45, 7) is 3.56. The minimum absolute atomic E-state index is 0.0945. The Morgan fingerprint density at radius 2 is 1.94 bits per heavy atom. The average Bonchev–Trinajstić information content (AvgIpc) is 3.49. The zero-order valence-corrected chi connectivity index (χ0v) is 19.7. The summed E-state index contributed by atoms with van der Waals surface area (Å²) in [6.07, 6.45) is 1.66. The van der Waals surface area contributed by atoms with Gasteiger partial charge in [0.25, 0.3) is 0 Å². The lowest BCUT2D eigenvalue weighted by atomic mass is 10.0. The fourth-order valence-corrected chi connectivity index (χ4v) is 3.80. The summed E-state index contributed by atoms with van der Waals surface area (Å²) in [5.74, 6) is -2.93. The number of carbonyl (C=O) groups is 2. The van der Waals surface area contributed by atoms with Gasteiger partial charge in [-0.2, -0.15) is 8.78 Å². The number of pyridine rings is 1. The maximum Gasteiger partial charge on any atom is 0.399 e. The third kappa shape index (κ3) is 5.65. The SMILES string of the molecule is CCOc1c(Cl)cc(Cl)cc1-c1cnc([C@@H](C)NC(=O)C2(NC(=O)C(F)(F)Cl)CC2)c(F)c1. The van der Waals surface area contributed by atoms with E-state index in [-0.39, 0.29) is 23.6 Å². The molecule has 12 heteroatoms. The Kier molecular flexibility index (Phi) is 7.36. The topological polar surface area (TPSA) is 80.3 Å². The van der Waals surface area contributed by atoms with E-state index in [1.54, 1.807) is 13.0 Å². The van der Waals surface area contributed by atoms with Gasteiger partial charge in [-0.1, -0.05) is 23.2 Å². The first-order valence-electron chi connectivity index (χ1n) is 9.86. The number of rotatable bonds is 8. The van der Waals surface area contributed by atoms with E-state index in [0.29, 0.717) is 28.5 Å². The van der Waals surface area contributed by atoms with Crippen LogP contribution in [0.5, 0.6) is 5.75 Å². The summed E-state index contributed by atoms with van der Waals surface area (Å²) >= 11 is 17.0. The first-order valence-corrected chi connectivity index (χ1v) is 11.0. The summed E-state index contributed by atoms with van der Waals surface area (Å²) in [6, 6.07) is 3.33. The number of nitrogens with one attached hydrogen (secondary N) is 2. The van der Waals surface area contributed by atoms with Crippen molar-refractivity contribution in [2.45, 2.75) is 43.7 Å². The first-order chi connectivity index (χ1) is 15.4. The van der Waals surface area contributed by atoms with Crippen LogP contribution in [-0.2, 0) is 9.59 Å². The van der Waals surface area contributed by atoms with E-state index >= 15 is 0 Å². The number of nitrogens with zero attached hydrogens (tertiary/aromatic N) is 1. The molecule has 1 aromatic heterocycles. The monoisotopic (exact) mass is 523 g/mol. The van der Waals surface area contributed by atoms with Gasteiger partial charge >= 0.3 is 11.3 Å². The fraction of sp³-hybridized carbons (Fsp3) is 0.381. The summed E-state index contributed by atoms with van der Waals surface area (Å²) in [7, 11) is 0. The van der Waals surface area contributed by atoms with Crippen LogP contribution in [0, 0.1) is 5.82 Å². The normalized spacial score (nSPS) is 15.5. The molecule has 1 saturated carbocycles. The van der Waals surface area contributed by atoms with Crippen molar-refractivity contribution in [2.75, 3.05) is 6.61 Å². The highest BCUT2D eigenvalue weighted by atomic mass is 35.5. The lowest BCUT2D eigenvalue weighted by Crippen LogP contribution is -2.52. The number of ether oxygens (including phenoxy) is 1. The van der Waals surface area contributed by atoms with Crippen molar-refractivity contribution in [3.05, 3.63) is 46.0 Å². The highest BCUT2D eigenvalue weighted by molar-refractivity contribution is 6.36. The molecule has 178 valence electrons. The minimum atomic E-state index is -4.14. The molecule has 0 aliphatic heterocycles. The molecule has 0 spiro atoms. The van der Waals surface area contributed by atoms with Crippen molar-refractivity contribution < 1.29 is 27.5 Å². The highest BCUT2D eigenvalue weighted by Gasteiger charge is 2.54. The highest BCUT2D eigenvalue weighted by Crippen LogP contribution is 2.40. The van der Waals surface area contributed by atoms with E-state index in [1.807, 2.05) is 5.32 Å². The Bertz CT molecular complexity index is 1090. The molecule has 0 bridgehead atoms. The molecule has 1 fully saturated rings. The molecule has 3 rings (SSSR count). The lowest BCUT2D eigenvalue weighted by Gasteiger charge is -2.22. The van der Waals surface area contributed by atoms with E-state index in [9.17, 15) is 22.8 Å². The molecule has 2 N–H and O–H groups in total. The number of amides is 2. The first kappa shape index (κ1) is 25.4. The molecule has 33 heavy (non-hydrogen) atoms. The van der Waals surface area contributed by atoms with Crippen LogP contribution in [-0.4, -0.2) is 34.3 Å². The lowest BCUT2D eigenvalue weighted by molar-refractivity contribution is -0.139. The second kappa shape index (κ2) is 9.56.